The maximum atomic E-state index is 3.61. The van der Waals surface area contributed by atoms with E-state index in [1.165, 1.54) is 28.6 Å². The molecule has 0 radical (unpaired) electrons. The standard InChI is InChI=1S/C14H21BrN2/c1-3-7-16-12-6-8-17(10-12)13-5-4-11(2)14(15)9-13/h4-5,9,12,16H,3,6-8,10H2,1-2H3. The molecule has 1 fully saturated rings. The molecule has 0 amide bonds. The Hall–Kier alpha value is -0.540. The van der Waals surface area contributed by atoms with E-state index in [9.17, 15) is 0 Å². The third-order valence-corrected chi connectivity index (χ3v) is 4.25. The maximum absolute atomic E-state index is 3.61. The fourth-order valence-electron chi connectivity index (χ4n) is 2.29. The molecule has 94 valence electrons. The highest BCUT2D eigenvalue weighted by Crippen LogP contribution is 2.26. The van der Waals surface area contributed by atoms with Crippen LogP contribution in [-0.2, 0) is 0 Å². The molecule has 1 aromatic rings. The van der Waals surface area contributed by atoms with Gasteiger partial charge < -0.3 is 10.2 Å². The molecule has 0 aliphatic carbocycles. The van der Waals surface area contributed by atoms with Crippen molar-refractivity contribution in [2.45, 2.75) is 32.7 Å². The van der Waals surface area contributed by atoms with Crippen molar-refractivity contribution in [3.8, 4) is 0 Å². The molecule has 1 aromatic carbocycles. The highest BCUT2D eigenvalue weighted by Gasteiger charge is 2.21. The zero-order valence-electron chi connectivity index (χ0n) is 10.7. The Bertz CT molecular complexity index is 378. The number of hydrogen-bond donors (Lipinski definition) is 1. The van der Waals surface area contributed by atoms with E-state index in [2.05, 4.69) is 58.2 Å². The van der Waals surface area contributed by atoms with Crippen LogP contribution in [0.15, 0.2) is 22.7 Å². The fraction of sp³-hybridized carbons (Fsp3) is 0.571. The molecule has 1 N–H and O–H groups in total. The number of nitrogens with zero attached hydrogens (tertiary/aromatic N) is 1. The average molecular weight is 297 g/mol. The predicted octanol–water partition coefficient (Wildman–Crippen LogP) is 3.34. The third kappa shape index (κ3) is 3.23. The van der Waals surface area contributed by atoms with E-state index < -0.39 is 0 Å². The van der Waals surface area contributed by atoms with Crippen LogP contribution in [0.3, 0.4) is 0 Å². The molecule has 1 unspecified atom stereocenters. The summed E-state index contributed by atoms with van der Waals surface area (Å²) in [5.41, 5.74) is 2.64. The number of benzene rings is 1. The highest BCUT2D eigenvalue weighted by molar-refractivity contribution is 9.10. The molecule has 0 bridgehead atoms. The molecule has 2 nitrogen and oxygen atoms in total. The van der Waals surface area contributed by atoms with Crippen molar-refractivity contribution < 1.29 is 0 Å². The summed E-state index contributed by atoms with van der Waals surface area (Å²) in [5.74, 6) is 0. The van der Waals surface area contributed by atoms with Gasteiger partial charge in [0, 0.05) is 29.3 Å². The first kappa shape index (κ1) is 12.9. The van der Waals surface area contributed by atoms with Crippen LogP contribution < -0.4 is 10.2 Å². The van der Waals surface area contributed by atoms with E-state index in [0.29, 0.717) is 6.04 Å². The van der Waals surface area contributed by atoms with Gasteiger partial charge in [-0.1, -0.05) is 28.9 Å². The molecular weight excluding hydrogens is 276 g/mol. The van der Waals surface area contributed by atoms with Gasteiger partial charge in [0.05, 0.1) is 0 Å². The van der Waals surface area contributed by atoms with Crippen LogP contribution in [0.1, 0.15) is 25.3 Å². The zero-order chi connectivity index (χ0) is 12.3. The lowest BCUT2D eigenvalue weighted by molar-refractivity contribution is 0.549. The smallest absolute Gasteiger partial charge is 0.0378 e. The predicted molar refractivity (Wildman–Crippen MR) is 77.8 cm³/mol. The monoisotopic (exact) mass is 296 g/mol. The Labute approximate surface area is 113 Å². The van der Waals surface area contributed by atoms with Gasteiger partial charge in [-0.3, -0.25) is 0 Å². The largest absolute Gasteiger partial charge is 0.370 e. The van der Waals surface area contributed by atoms with Crippen LogP contribution in [0.25, 0.3) is 0 Å². The molecule has 0 aromatic heterocycles. The fourth-order valence-corrected chi connectivity index (χ4v) is 2.66. The second kappa shape index (κ2) is 5.87. The van der Waals surface area contributed by atoms with Crippen molar-refractivity contribution in [3.63, 3.8) is 0 Å². The van der Waals surface area contributed by atoms with Crippen LogP contribution >= 0.6 is 15.9 Å². The summed E-state index contributed by atoms with van der Waals surface area (Å²) in [6, 6.07) is 7.31. The van der Waals surface area contributed by atoms with Gasteiger partial charge in [0.25, 0.3) is 0 Å². The van der Waals surface area contributed by atoms with E-state index in [0.717, 1.165) is 19.6 Å². The summed E-state index contributed by atoms with van der Waals surface area (Å²) >= 11 is 3.61. The van der Waals surface area contributed by atoms with E-state index in [1.807, 2.05) is 0 Å². The van der Waals surface area contributed by atoms with Gasteiger partial charge in [0.1, 0.15) is 0 Å². The molecule has 1 aliphatic heterocycles. The van der Waals surface area contributed by atoms with E-state index in [-0.39, 0.29) is 0 Å². The van der Waals surface area contributed by atoms with Gasteiger partial charge in [0.2, 0.25) is 0 Å². The van der Waals surface area contributed by atoms with E-state index >= 15 is 0 Å². The summed E-state index contributed by atoms with van der Waals surface area (Å²) in [7, 11) is 0. The summed E-state index contributed by atoms with van der Waals surface area (Å²) in [4.78, 5) is 2.47. The van der Waals surface area contributed by atoms with Crippen LogP contribution in [0.4, 0.5) is 5.69 Å². The van der Waals surface area contributed by atoms with Crippen LogP contribution in [0.5, 0.6) is 0 Å². The summed E-state index contributed by atoms with van der Waals surface area (Å²) in [5, 5.41) is 3.60. The molecule has 1 saturated heterocycles. The summed E-state index contributed by atoms with van der Waals surface area (Å²) in [6.45, 7) is 7.78. The van der Waals surface area contributed by atoms with E-state index in [1.54, 1.807) is 0 Å². The number of anilines is 1. The first-order valence-corrected chi connectivity index (χ1v) is 7.24. The molecule has 1 aliphatic rings. The van der Waals surface area contributed by atoms with Crippen LogP contribution in [0.2, 0.25) is 0 Å². The number of rotatable bonds is 4. The Balaban J connectivity index is 1.97. The van der Waals surface area contributed by atoms with Gasteiger partial charge in [-0.2, -0.15) is 0 Å². The number of aryl methyl sites for hydroxylation is 1. The van der Waals surface area contributed by atoms with E-state index in [4.69, 9.17) is 0 Å². The molecule has 3 heteroatoms. The Morgan fingerprint density at radius 3 is 3.00 bits per heavy atom. The highest BCUT2D eigenvalue weighted by atomic mass is 79.9. The number of hydrogen-bond acceptors (Lipinski definition) is 2. The van der Waals surface area contributed by atoms with Crippen LogP contribution in [0, 0.1) is 6.92 Å². The molecule has 1 heterocycles. The van der Waals surface area contributed by atoms with Crippen molar-refractivity contribution in [2.75, 3.05) is 24.5 Å². The molecule has 2 rings (SSSR count). The van der Waals surface area contributed by atoms with Crippen molar-refractivity contribution >= 4 is 21.6 Å². The number of halogens is 1. The lowest BCUT2D eigenvalue weighted by Gasteiger charge is -2.19. The SMILES string of the molecule is CCCNC1CCN(c2ccc(C)c(Br)c2)C1. The maximum Gasteiger partial charge on any atom is 0.0378 e. The molecule has 1 atom stereocenters. The topological polar surface area (TPSA) is 15.3 Å². The van der Waals surface area contributed by atoms with Crippen molar-refractivity contribution in [3.05, 3.63) is 28.2 Å². The van der Waals surface area contributed by atoms with Gasteiger partial charge in [0.15, 0.2) is 0 Å². The quantitative estimate of drug-likeness (QED) is 0.917. The molecular formula is C14H21BrN2. The lowest BCUT2D eigenvalue weighted by Crippen LogP contribution is -2.32. The van der Waals surface area contributed by atoms with Crippen LogP contribution in [-0.4, -0.2) is 25.7 Å². The second-order valence-corrected chi connectivity index (χ2v) is 5.67. The van der Waals surface area contributed by atoms with Crippen molar-refractivity contribution in [1.29, 1.82) is 0 Å². The zero-order valence-corrected chi connectivity index (χ0v) is 12.3. The average Bonchev–Trinajstić information content (AvgIpc) is 2.79. The Morgan fingerprint density at radius 1 is 1.47 bits per heavy atom. The number of nitrogens with one attached hydrogen (secondary N) is 1. The minimum Gasteiger partial charge on any atom is -0.370 e. The van der Waals surface area contributed by atoms with Gasteiger partial charge >= 0.3 is 0 Å². The normalized spacial score (nSPS) is 19.9. The lowest BCUT2D eigenvalue weighted by atomic mass is 10.2. The van der Waals surface area contributed by atoms with Gasteiger partial charge in [-0.25, -0.2) is 0 Å². The minimum absolute atomic E-state index is 0.662. The first-order chi connectivity index (χ1) is 8.20. The Kier molecular flexibility index (Phi) is 4.46. The molecule has 0 saturated carbocycles. The Morgan fingerprint density at radius 2 is 2.29 bits per heavy atom. The second-order valence-electron chi connectivity index (χ2n) is 4.82. The first-order valence-electron chi connectivity index (χ1n) is 6.45. The summed E-state index contributed by atoms with van der Waals surface area (Å²) < 4.78 is 1.21. The van der Waals surface area contributed by atoms with Crippen molar-refractivity contribution in [1.82, 2.24) is 5.32 Å². The third-order valence-electron chi connectivity index (χ3n) is 3.39. The van der Waals surface area contributed by atoms with Gasteiger partial charge in [-0.15, -0.1) is 0 Å². The molecule has 17 heavy (non-hydrogen) atoms. The summed E-state index contributed by atoms with van der Waals surface area (Å²) in [6.07, 6.45) is 2.47. The minimum atomic E-state index is 0.662. The van der Waals surface area contributed by atoms with Crippen molar-refractivity contribution in [2.24, 2.45) is 0 Å². The van der Waals surface area contributed by atoms with Gasteiger partial charge in [-0.05, 0) is 44.0 Å². The molecule has 0 spiro atoms.